The third-order valence-corrected chi connectivity index (χ3v) is 7.23. The summed E-state index contributed by atoms with van der Waals surface area (Å²) in [4.78, 5) is 22.4. The third kappa shape index (κ3) is 7.10. The summed E-state index contributed by atoms with van der Waals surface area (Å²) in [7, 11) is 0. The summed E-state index contributed by atoms with van der Waals surface area (Å²) in [6.45, 7) is 9.42. The Morgan fingerprint density at radius 1 is 1.12 bits per heavy atom. The molecule has 0 aromatic carbocycles. The zero-order chi connectivity index (χ0) is 22.3. The Balaban J connectivity index is 0.00000306. The normalized spacial score (nSPS) is 23.4. The number of nitrogens with zero attached hydrogens (tertiary/aromatic N) is 3. The van der Waals surface area contributed by atoms with Crippen molar-refractivity contribution < 1.29 is 9.21 Å². The van der Waals surface area contributed by atoms with E-state index in [4.69, 9.17) is 9.41 Å². The molecule has 33 heavy (non-hydrogen) atoms. The fourth-order valence-electron chi connectivity index (χ4n) is 5.45. The molecule has 0 radical (unpaired) electrons. The molecule has 1 amide bonds. The van der Waals surface area contributed by atoms with Crippen LogP contribution in [0.1, 0.15) is 75.9 Å². The first-order valence-electron chi connectivity index (χ1n) is 12.8. The largest absolute Gasteiger partial charge is 0.465 e. The molecule has 2 atom stereocenters. The lowest BCUT2D eigenvalue weighted by Gasteiger charge is -2.27. The van der Waals surface area contributed by atoms with Crippen LogP contribution in [0.15, 0.2) is 21.5 Å². The number of nitrogens with one attached hydrogen (secondary N) is 2. The number of carbonyl (C=O) groups is 1. The van der Waals surface area contributed by atoms with E-state index in [0.29, 0.717) is 12.5 Å². The predicted octanol–water partition coefficient (Wildman–Crippen LogP) is 4.08. The van der Waals surface area contributed by atoms with Crippen molar-refractivity contribution in [1.29, 1.82) is 0 Å². The summed E-state index contributed by atoms with van der Waals surface area (Å²) in [5.74, 6) is 3.43. The molecule has 1 aromatic rings. The second-order valence-corrected chi connectivity index (χ2v) is 9.68. The van der Waals surface area contributed by atoms with Crippen LogP contribution < -0.4 is 10.6 Å². The number of hydrogen-bond donors (Lipinski definition) is 2. The van der Waals surface area contributed by atoms with E-state index in [1.807, 2.05) is 13.0 Å². The average Bonchev–Trinajstić information content (AvgIpc) is 3.57. The maximum absolute atomic E-state index is 12.9. The number of furan rings is 1. The minimum atomic E-state index is 0. The van der Waals surface area contributed by atoms with E-state index in [2.05, 4.69) is 33.4 Å². The van der Waals surface area contributed by atoms with Gasteiger partial charge in [0.1, 0.15) is 11.5 Å². The summed E-state index contributed by atoms with van der Waals surface area (Å²) < 4.78 is 5.99. The second-order valence-electron chi connectivity index (χ2n) is 9.68. The first kappa shape index (κ1) is 26.3. The van der Waals surface area contributed by atoms with Crippen LogP contribution in [-0.2, 0) is 4.79 Å². The van der Waals surface area contributed by atoms with E-state index in [1.165, 1.54) is 32.1 Å². The number of aliphatic imine (C=N–C) groups is 1. The van der Waals surface area contributed by atoms with E-state index in [1.54, 1.807) is 0 Å². The van der Waals surface area contributed by atoms with Crippen molar-refractivity contribution in [2.75, 3.05) is 39.3 Å². The van der Waals surface area contributed by atoms with Gasteiger partial charge >= 0.3 is 0 Å². The van der Waals surface area contributed by atoms with Crippen molar-refractivity contribution in [3.05, 3.63) is 23.7 Å². The monoisotopic (exact) mass is 571 g/mol. The van der Waals surface area contributed by atoms with Gasteiger partial charge in [0.2, 0.25) is 5.91 Å². The van der Waals surface area contributed by atoms with Crippen LogP contribution in [0.5, 0.6) is 0 Å². The first-order chi connectivity index (χ1) is 15.6. The molecule has 7 nitrogen and oxygen atoms in total. The average molecular weight is 572 g/mol. The Labute approximate surface area is 216 Å². The number of carbonyl (C=O) groups excluding carboxylic acids is 1. The number of likely N-dealkylation sites (tertiary alicyclic amines) is 2. The highest BCUT2D eigenvalue weighted by molar-refractivity contribution is 14.0. The molecule has 186 valence electrons. The lowest BCUT2D eigenvalue weighted by molar-refractivity contribution is -0.135. The van der Waals surface area contributed by atoms with Gasteiger partial charge < -0.3 is 20.0 Å². The first-order valence-corrected chi connectivity index (χ1v) is 12.8. The lowest BCUT2D eigenvalue weighted by atomic mass is 9.88. The van der Waals surface area contributed by atoms with Gasteiger partial charge in [0.05, 0.1) is 12.6 Å². The van der Waals surface area contributed by atoms with E-state index in [9.17, 15) is 4.79 Å². The Kier molecular flexibility index (Phi) is 10.3. The van der Waals surface area contributed by atoms with E-state index in [-0.39, 0.29) is 42.0 Å². The highest BCUT2D eigenvalue weighted by Crippen LogP contribution is 2.28. The minimum absolute atomic E-state index is 0. The van der Waals surface area contributed by atoms with Crippen molar-refractivity contribution in [3.63, 3.8) is 0 Å². The molecule has 0 spiro atoms. The van der Waals surface area contributed by atoms with Crippen LogP contribution >= 0.6 is 24.0 Å². The maximum atomic E-state index is 12.9. The molecule has 1 aliphatic carbocycles. The molecule has 8 heteroatoms. The molecule has 3 fully saturated rings. The van der Waals surface area contributed by atoms with Gasteiger partial charge in [-0.2, -0.15) is 0 Å². The summed E-state index contributed by atoms with van der Waals surface area (Å²) in [6.07, 6.45) is 9.30. The SMILES string of the molecule is CCNC(=NCC(c1ccc(C)o1)N1CCCC1)NC1CCN(C(=O)C2CCCCC2)C1.I. The number of guanidine groups is 1. The minimum Gasteiger partial charge on any atom is -0.465 e. The van der Waals surface area contributed by atoms with Crippen molar-refractivity contribution >= 4 is 35.8 Å². The van der Waals surface area contributed by atoms with Gasteiger partial charge in [-0.3, -0.25) is 14.7 Å². The number of halogens is 1. The molecule has 1 saturated carbocycles. The summed E-state index contributed by atoms with van der Waals surface area (Å²) in [5, 5.41) is 7.01. The third-order valence-electron chi connectivity index (χ3n) is 7.23. The molecular weight excluding hydrogens is 529 g/mol. The van der Waals surface area contributed by atoms with Crippen LogP contribution in [0.25, 0.3) is 0 Å². The summed E-state index contributed by atoms with van der Waals surface area (Å²) in [6, 6.07) is 4.58. The lowest BCUT2D eigenvalue weighted by Crippen LogP contribution is -2.46. The zero-order valence-corrected chi connectivity index (χ0v) is 22.7. The molecule has 2 N–H and O–H groups in total. The van der Waals surface area contributed by atoms with Gasteiger partial charge in [0, 0.05) is 31.6 Å². The molecule has 0 bridgehead atoms. The van der Waals surface area contributed by atoms with Gasteiger partial charge in [-0.1, -0.05) is 19.3 Å². The maximum Gasteiger partial charge on any atom is 0.225 e. The van der Waals surface area contributed by atoms with Gasteiger partial charge in [-0.25, -0.2) is 0 Å². The van der Waals surface area contributed by atoms with Gasteiger partial charge in [0.15, 0.2) is 5.96 Å². The number of aryl methyl sites for hydroxylation is 1. The number of amides is 1. The number of hydrogen-bond acceptors (Lipinski definition) is 4. The quantitative estimate of drug-likeness (QED) is 0.293. The molecule has 4 rings (SSSR count). The molecular formula is C25H42IN5O2. The van der Waals surface area contributed by atoms with Crippen LogP contribution in [0.2, 0.25) is 0 Å². The van der Waals surface area contributed by atoms with Gasteiger partial charge in [-0.15, -0.1) is 24.0 Å². The fraction of sp³-hybridized carbons (Fsp3) is 0.760. The summed E-state index contributed by atoms with van der Waals surface area (Å²) >= 11 is 0. The van der Waals surface area contributed by atoms with Gasteiger partial charge in [0.25, 0.3) is 0 Å². The molecule has 2 unspecified atom stereocenters. The Morgan fingerprint density at radius 3 is 2.55 bits per heavy atom. The highest BCUT2D eigenvalue weighted by atomic mass is 127. The van der Waals surface area contributed by atoms with Crippen LogP contribution in [-0.4, -0.2) is 67.0 Å². The van der Waals surface area contributed by atoms with E-state index in [0.717, 1.165) is 69.5 Å². The fourth-order valence-corrected chi connectivity index (χ4v) is 5.45. The molecule has 2 aliphatic heterocycles. The Hall–Kier alpha value is -1.29. The van der Waals surface area contributed by atoms with Crippen molar-refractivity contribution in [1.82, 2.24) is 20.4 Å². The van der Waals surface area contributed by atoms with Crippen LogP contribution in [0.4, 0.5) is 0 Å². The van der Waals surface area contributed by atoms with Crippen molar-refractivity contribution in [3.8, 4) is 0 Å². The topological polar surface area (TPSA) is 73.1 Å². The number of rotatable bonds is 7. The molecule has 3 heterocycles. The smallest absolute Gasteiger partial charge is 0.225 e. The predicted molar refractivity (Wildman–Crippen MR) is 143 cm³/mol. The molecule has 1 aromatic heterocycles. The van der Waals surface area contributed by atoms with Crippen LogP contribution in [0, 0.1) is 12.8 Å². The highest BCUT2D eigenvalue weighted by Gasteiger charge is 2.32. The Morgan fingerprint density at radius 2 is 1.88 bits per heavy atom. The van der Waals surface area contributed by atoms with E-state index < -0.39 is 0 Å². The van der Waals surface area contributed by atoms with Crippen molar-refractivity contribution in [2.45, 2.75) is 77.3 Å². The standard InChI is InChI=1S/C25H41N5O2.HI/c1-3-26-25(27-17-22(29-14-7-8-15-29)23-12-11-19(2)32-23)28-21-13-16-30(18-21)24(31)20-9-5-4-6-10-20;/h11-12,20-22H,3-10,13-18H2,1-2H3,(H2,26,27,28);1H. The summed E-state index contributed by atoms with van der Waals surface area (Å²) in [5.41, 5.74) is 0. The van der Waals surface area contributed by atoms with Crippen LogP contribution in [0.3, 0.4) is 0 Å². The van der Waals surface area contributed by atoms with Gasteiger partial charge in [-0.05, 0) is 71.2 Å². The Bertz CT molecular complexity index is 771. The second kappa shape index (κ2) is 13.0. The molecule has 3 aliphatic rings. The van der Waals surface area contributed by atoms with E-state index >= 15 is 0 Å². The molecule has 2 saturated heterocycles. The zero-order valence-electron chi connectivity index (χ0n) is 20.4. The van der Waals surface area contributed by atoms with Crippen molar-refractivity contribution in [2.24, 2.45) is 10.9 Å².